The van der Waals surface area contributed by atoms with Crippen LogP contribution >= 0.6 is 0 Å². The van der Waals surface area contributed by atoms with Crippen molar-refractivity contribution in [1.82, 2.24) is 9.80 Å². The molecule has 0 spiro atoms. The molecule has 1 aromatic heterocycles. The van der Waals surface area contributed by atoms with Gasteiger partial charge in [-0.25, -0.2) is 4.39 Å². The van der Waals surface area contributed by atoms with Crippen molar-refractivity contribution >= 4 is 29.5 Å². The number of amides is 3. The van der Waals surface area contributed by atoms with Gasteiger partial charge in [0.05, 0.1) is 17.9 Å². The van der Waals surface area contributed by atoms with Crippen LogP contribution < -0.4 is 4.90 Å². The van der Waals surface area contributed by atoms with Crippen molar-refractivity contribution in [2.75, 3.05) is 37.6 Å². The Morgan fingerprint density at radius 1 is 1.03 bits per heavy atom. The molecule has 3 heterocycles. The van der Waals surface area contributed by atoms with Crippen LogP contribution in [-0.2, 0) is 14.4 Å². The monoisotopic (exact) mass is 411 g/mol. The second kappa shape index (κ2) is 8.52. The van der Waals surface area contributed by atoms with E-state index in [9.17, 15) is 18.8 Å². The van der Waals surface area contributed by atoms with Gasteiger partial charge in [0.1, 0.15) is 11.6 Å². The maximum absolute atomic E-state index is 14.0. The van der Waals surface area contributed by atoms with Crippen molar-refractivity contribution < 1.29 is 23.2 Å². The van der Waals surface area contributed by atoms with Crippen molar-refractivity contribution in [3.05, 3.63) is 60.3 Å². The summed E-state index contributed by atoms with van der Waals surface area (Å²) in [5.41, 5.74) is 0.205. The number of halogens is 1. The molecule has 8 heteroatoms. The molecule has 2 aliphatic rings. The lowest BCUT2D eigenvalue weighted by Crippen LogP contribution is -2.51. The number of carbonyl (C=O) groups excluding carboxylic acids is 3. The van der Waals surface area contributed by atoms with Crippen LogP contribution in [-0.4, -0.2) is 60.2 Å². The van der Waals surface area contributed by atoms with E-state index in [0.29, 0.717) is 31.9 Å². The van der Waals surface area contributed by atoms with Gasteiger partial charge in [0.15, 0.2) is 0 Å². The van der Waals surface area contributed by atoms with Crippen LogP contribution in [0.5, 0.6) is 0 Å². The van der Waals surface area contributed by atoms with E-state index in [0.717, 1.165) is 0 Å². The van der Waals surface area contributed by atoms with Gasteiger partial charge in [-0.3, -0.25) is 14.4 Å². The van der Waals surface area contributed by atoms with Crippen LogP contribution in [0.25, 0.3) is 6.08 Å². The zero-order valence-corrected chi connectivity index (χ0v) is 16.4. The summed E-state index contributed by atoms with van der Waals surface area (Å²) in [6.07, 6.45) is 4.67. The van der Waals surface area contributed by atoms with Crippen molar-refractivity contribution in [3.8, 4) is 0 Å². The number of hydrogen-bond donors (Lipinski definition) is 0. The Hall–Kier alpha value is -3.42. The Morgan fingerprint density at radius 2 is 1.77 bits per heavy atom. The van der Waals surface area contributed by atoms with Gasteiger partial charge in [-0.1, -0.05) is 12.1 Å². The first-order valence-corrected chi connectivity index (χ1v) is 9.87. The summed E-state index contributed by atoms with van der Waals surface area (Å²) in [5, 5.41) is 0. The van der Waals surface area contributed by atoms with Crippen LogP contribution in [0.2, 0.25) is 0 Å². The highest BCUT2D eigenvalue weighted by Gasteiger charge is 2.38. The predicted octanol–water partition coefficient (Wildman–Crippen LogP) is 2.16. The predicted molar refractivity (Wildman–Crippen MR) is 108 cm³/mol. The highest BCUT2D eigenvalue weighted by Crippen LogP contribution is 2.28. The summed E-state index contributed by atoms with van der Waals surface area (Å²) < 4.78 is 19.2. The lowest BCUT2D eigenvalue weighted by atomic mass is 10.1. The molecule has 2 aliphatic heterocycles. The van der Waals surface area contributed by atoms with E-state index in [1.165, 1.54) is 23.3 Å². The Kier molecular flexibility index (Phi) is 5.65. The zero-order valence-electron chi connectivity index (χ0n) is 16.4. The number of para-hydroxylation sites is 1. The van der Waals surface area contributed by atoms with Gasteiger partial charge >= 0.3 is 0 Å². The molecule has 0 bridgehead atoms. The minimum Gasteiger partial charge on any atom is -0.465 e. The van der Waals surface area contributed by atoms with Crippen molar-refractivity contribution in [2.45, 2.75) is 6.42 Å². The first-order valence-electron chi connectivity index (χ1n) is 9.87. The summed E-state index contributed by atoms with van der Waals surface area (Å²) in [5.74, 6) is -0.898. The summed E-state index contributed by atoms with van der Waals surface area (Å²) in [6, 6.07) is 9.57. The van der Waals surface area contributed by atoms with Crippen LogP contribution in [0.15, 0.2) is 53.2 Å². The van der Waals surface area contributed by atoms with Gasteiger partial charge in [0.25, 0.3) is 0 Å². The second-order valence-electron chi connectivity index (χ2n) is 7.36. The molecule has 1 aromatic carbocycles. The number of anilines is 1. The van der Waals surface area contributed by atoms with E-state index < -0.39 is 11.7 Å². The van der Waals surface area contributed by atoms with E-state index in [2.05, 4.69) is 0 Å². The van der Waals surface area contributed by atoms with E-state index in [1.807, 2.05) is 0 Å². The smallest absolute Gasteiger partial charge is 0.246 e. The molecule has 4 rings (SSSR count). The normalized spacial score (nSPS) is 19.7. The maximum atomic E-state index is 14.0. The molecule has 1 atom stereocenters. The van der Waals surface area contributed by atoms with Crippen LogP contribution in [0.1, 0.15) is 12.2 Å². The minimum absolute atomic E-state index is 0.0677. The fourth-order valence-electron chi connectivity index (χ4n) is 3.83. The van der Waals surface area contributed by atoms with Crippen LogP contribution in [0.3, 0.4) is 0 Å². The average Bonchev–Trinajstić information content (AvgIpc) is 3.42. The fourth-order valence-corrected chi connectivity index (χ4v) is 3.83. The molecular formula is C22H22FN3O4. The fraction of sp³-hybridized carbons (Fsp3) is 0.318. The molecule has 0 N–H and O–H groups in total. The van der Waals surface area contributed by atoms with Gasteiger partial charge in [-0.2, -0.15) is 0 Å². The third-order valence-electron chi connectivity index (χ3n) is 5.45. The topological polar surface area (TPSA) is 74.1 Å². The minimum atomic E-state index is -0.502. The molecule has 156 valence electrons. The van der Waals surface area contributed by atoms with Crippen LogP contribution in [0.4, 0.5) is 10.1 Å². The second-order valence-corrected chi connectivity index (χ2v) is 7.36. The average molecular weight is 411 g/mol. The largest absolute Gasteiger partial charge is 0.465 e. The number of hydrogen-bond acceptors (Lipinski definition) is 4. The standard InChI is InChI=1S/C22H22FN3O4/c23-18-5-1-2-6-19(18)26-15-16(14-21(26)28)22(29)25-11-9-24(10-12-25)20(27)8-7-17-4-3-13-30-17/h1-8,13,16H,9-12,14-15H2/b8-7+. The molecule has 3 amide bonds. The number of carbonyl (C=O) groups is 3. The zero-order chi connectivity index (χ0) is 21.1. The number of piperazine rings is 1. The Labute approximate surface area is 173 Å². The highest BCUT2D eigenvalue weighted by atomic mass is 19.1. The van der Waals surface area contributed by atoms with Gasteiger partial charge in [-0.15, -0.1) is 0 Å². The quantitative estimate of drug-likeness (QED) is 0.723. The maximum Gasteiger partial charge on any atom is 0.246 e. The summed E-state index contributed by atoms with van der Waals surface area (Å²) in [4.78, 5) is 42.3. The lowest BCUT2D eigenvalue weighted by molar-refractivity contribution is -0.140. The molecule has 7 nitrogen and oxygen atoms in total. The van der Waals surface area contributed by atoms with E-state index in [-0.39, 0.29) is 36.4 Å². The Balaban J connectivity index is 1.32. The van der Waals surface area contributed by atoms with Gasteiger partial charge in [0, 0.05) is 45.2 Å². The molecule has 2 aromatic rings. The summed E-state index contributed by atoms with van der Waals surface area (Å²) in [7, 11) is 0. The van der Waals surface area contributed by atoms with Gasteiger partial charge < -0.3 is 19.1 Å². The number of benzene rings is 1. The van der Waals surface area contributed by atoms with Gasteiger partial charge in [-0.05, 0) is 30.3 Å². The third-order valence-corrected chi connectivity index (χ3v) is 5.45. The Bertz CT molecular complexity index is 965. The van der Waals surface area contributed by atoms with E-state index >= 15 is 0 Å². The molecule has 0 saturated carbocycles. The molecule has 0 radical (unpaired) electrons. The molecule has 30 heavy (non-hydrogen) atoms. The van der Waals surface area contributed by atoms with Gasteiger partial charge in [0.2, 0.25) is 17.7 Å². The molecular weight excluding hydrogens is 389 g/mol. The number of rotatable bonds is 4. The number of nitrogens with zero attached hydrogens (tertiary/aromatic N) is 3. The van der Waals surface area contributed by atoms with Crippen molar-refractivity contribution in [1.29, 1.82) is 0 Å². The number of furan rings is 1. The van der Waals surface area contributed by atoms with Crippen LogP contribution in [0, 0.1) is 11.7 Å². The molecule has 0 aliphatic carbocycles. The van der Waals surface area contributed by atoms with Crippen molar-refractivity contribution in [3.63, 3.8) is 0 Å². The van der Waals surface area contributed by atoms with E-state index in [4.69, 9.17) is 4.42 Å². The third kappa shape index (κ3) is 4.12. The molecule has 1 unspecified atom stereocenters. The highest BCUT2D eigenvalue weighted by molar-refractivity contribution is 6.00. The first kappa shape index (κ1) is 19.9. The first-order chi connectivity index (χ1) is 14.5. The van der Waals surface area contributed by atoms with E-state index in [1.54, 1.807) is 46.2 Å². The molecule has 2 saturated heterocycles. The lowest BCUT2D eigenvalue weighted by Gasteiger charge is -2.35. The van der Waals surface area contributed by atoms with Crippen molar-refractivity contribution in [2.24, 2.45) is 5.92 Å². The summed E-state index contributed by atoms with van der Waals surface area (Å²) >= 11 is 0. The Morgan fingerprint density at radius 3 is 2.47 bits per heavy atom. The summed E-state index contributed by atoms with van der Waals surface area (Å²) in [6.45, 7) is 1.83. The SMILES string of the molecule is O=C(/C=C/c1ccco1)N1CCN(C(=O)C2CC(=O)N(c3ccccc3F)C2)CC1. The molecule has 2 fully saturated rings.